The second kappa shape index (κ2) is 6.90. The fourth-order valence-electron chi connectivity index (χ4n) is 1.86. The van der Waals surface area contributed by atoms with Crippen molar-refractivity contribution in [2.24, 2.45) is 0 Å². The van der Waals surface area contributed by atoms with Crippen molar-refractivity contribution in [3.05, 3.63) is 52.2 Å². The largest absolute Gasteiger partial charge is 0.468 e. The molecule has 0 saturated carbocycles. The minimum Gasteiger partial charge on any atom is -0.468 e. The second-order valence-electron chi connectivity index (χ2n) is 4.43. The fourth-order valence-corrected chi connectivity index (χ4v) is 2.65. The lowest BCUT2D eigenvalue weighted by atomic mass is 10.2. The average Bonchev–Trinajstić information content (AvgIpc) is 2.93. The van der Waals surface area contributed by atoms with Gasteiger partial charge in [-0.2, -0.15) is 0 Å². The topological polar surface area (TPSA) is 72.6 Å². The molecular formula is C15H16N2O3S. The molecule has 0 radical (unpaired) electrons. The first-order valence-corrected chi connectivity index (χ1v) is 7.22. The van der Waals surface area contributed by atoms with Gasteiger partial charge in [-0.3, -0.25) is 9.59 Å². The van der Waals surface area contributed by atoms with Crippen LogP contribution in [0.3, 0.4) is 0 Å². The predicted octanol–water partition coefficient (Wildman–Crippen LogP) is 2.15. The van der Waals surface area contributed by atoms with Crippen molar-refractivity contribution in [1.29, 1.82) is 0 Å². The van der Waals surface area contributed by atoms with Crippen molar-refractivity contribution in [2.45, 2.75) is 6.54 Å². The molecule has 0 aliphatic heterocycles. The molecule has 1 aromatic carbocycles. The smallest absolute Gasteiger partial charge is 0.325 e. The highest BCUT2D eigenvalue weighted by Gasteiger charge is 2.22. The van der Waals surface area contributed by atoms with Crippen molar-refractivity contribution in [3.8, 4) is 0 Å². The molecule has 110 valence electrons. The zero-order valence-corrected chi connectivity index (χ0v) is 12.4. The third kappa shape index (κ3) is 3.82. The lowest BCUT2D eigenvalue weighted by molar-refractivity contribution is -0.141. The van der Waals surface area contributed by atoms with E-state index in [4.69, 9.17) is 5.73 Å². The van der Waals surface area contributed by atoms with Crippen LogP contribution in [0.2, 0.25) is 0 Å². The van der Waals surface area contributed by atoms with Gasteiger partial charge < -0.3 is 15.4 Å². The van der Waals surface area contributed by atoms with Gasteiger partial charge in [-0.25, -0.2) is 0 Å². The summed E-state index contributed by atoms with van der Waals surface area (Å²) in [5, 5.41) is 1.75. The summed E-state index contributed by atoms with van der Waals surface area (Å²) < 4.78 is 4.66. The number of carbonyl (C=O) groups excluding carboxylic acids is 2. The SMILES string of the molecule is COC(=O)CN(Cc1ccccc1)C(=O)c1sccc1N. The van der Waals surface area contributed by atoms with E-state index in [9.17, 15) is 9.59 Å². The van der Waals surface area contributed by atoms with E-state index in [-0.39, 0.29) is 12.5 Å². The van der Waals surface area contributed by atoms with Gasteiger partial charge in [0.15, 0.2) is 0 Å². The summed E-state index contributed by atoms with van der Waals surface area (Å²) in [5.74, 6) is -0.730. The Labute approximate surface area is 126 Å². The summed E-state index contributed by atoms with van der Waals surface area (Å²) in [4.78, 5) is 25.9. The van der Waals surface area contributed by atoms with Crippen LogP contribution in [0.25, 0.3) is 0 Å². The maximum atomic E-state index is 12.5. The van der Waals surface area contributed by atoms with Crippen LogP contribution in [0.15, 0.2) is 41.8 Å². The Morgan fingerprint density at radius 3 is 2.52 bits per heavy atom. The molecule has 0 spiro atoms. The molecule has 1 heterocycles. The van der Waals surface area contributed by atoms with Gasteiger partial charge in [0.1, 0.15) is 11.4 Å². The third-order valence-corrected chi connectivity index (χ3v) is 3.86. The highest BCUT2D eigenvalue weighted by molar-refractivity contribution is 7.12. The number of esters is 1. The number of nitrogens with two attached hydrogens (primary N) is 1. The van der Waals surface area contributed by atoms with Gasteiger partial charge in [0.05, 0.1) is 12.8 Å². The Balaban J connectivity index is 2.21. The molecule has 2 N–H and O–H groups in total. The molecule has 0 fully saturated rings. The van der Waals surface area contributed by atoms with Gasteiger partial charge in [-0.1, -0.05) is 30.3 Å². The summed E-state index contributed by atoms with van der Waals surface area (Å²) in [5.41, 5.74) is 7.14. The van der Waals surface area contributed by atoms with Crippen LogP contribution < -0.4 is 5.73 Å². The number of ether oxygens (including phenoxy) is 1. The Morgan fingerprint density at radius 1 is 1.24 bits per heavy atom. The highest BCUT2D eigenvalue weighted by atomic mass is 32.1. The molecule has 0 atom stereocenters. The number of hydrogen-bond donors (Lipinski definition) is 1. The normalized spacial score (nSPS) is 10.1. The van der Waals surface area contributed by atoms with E-state index < -0.39 is 5.97 Å². The molecule has 2 rings (SSSR count). The molecule has 0 aliphatic rings. The minimum atomic E-state index is -0.464. The van der Waals surface area contributed by atoms with Crippen molar-refractivity contribution < 1.29 is 14.3 Å². The quantitative estimate of drug-likeness (QED) is 0.859. The van der Waals surface area contributed by atoms with Gasteiger partial charge in [-0.15, -0.1) is 11.3 Å². The number of rotatable bonds is 5. The Hall–Kier alpha value is -2.34. The van der Waals surface area contributed by atoms with E-state index in [0.29, 0.717) is 17.1 Å². The first-order valence-electron chi connectivity index (χ1n) is 6.34. The number of nitrogen functional groups attached to an aromatic ring is 1. The summed E-state index contributed by atoms with van der Waals surface area (Å²) >= 11 is 1.26. The van der Waals surface area contributed by atoms with Crippen LogP contribution in [0.5, 0.6) is 0 Å². The van der Waals surface area contributed by atoms with E-state index in [1.165, 1.54) is 23.3 Å². The molecule has 0 saturated heterocycles. The molecule has 0 aliphatic carbocycles. The molecule has 5 nitrogen and oxygen atoms in total. The number of thiophene rings is 1. The lowest BCUT2D eigenvalue weighted by Gasteiger charge is -2.21. The van der Waals surface area contributed by atoms with Gasteiger partial charge in [0.25, 0.3) is 5.91 Å². The number of hydrogen-bond acceptors (Lipinski definition) is 5. The Morgan fingerprint density at radius 2 is 1.95 bits per heavy atom. The van der Waals surface area contributed by atoms with Gasteiger partial charge >= 0.3 is 5.97 Å². The molecule has 0 bridgehead atoms. The zero-order chi connectivity index (χ0) is 15.2. The van der Waals surface area contributed by atoms with Gasteiger partial charge in [0, 0.05) is 6.54 Å². The van der Waals surface area contributed by atoms with Crippen molar-refractivity contribution >= 4 is 28.9 Å². The van der Waals surface area contributed by atoms with Gasteiger partial charge in [-0.05, 0) is 17.0 Å². The van der Waals surface area contributed by atoms with Crippen LogP contribution in [-0.4, -0.2) is 30.4 Å². The monoisotopic (exact) mass is 304 g/mol. The fraction of sp³-hybridized carbons (Fsp3) is 0.200. The number of carbonyl (C=O) groups is 2. The number of methoxy groups -OCH3 is 1. The molecule has 21 heavy (non-hydrogen) atoms. The first kappa shape index (κ1) is 15.1. The van der Waals surface area contributed by atoms with E-state index >= 15 is 0 Å². The highest BCUT2D eigenvalue weighted by Crippen LogP contribution is 2.21. The summed E-state index contributed by atoms with van der Waals surface area (Å²) in [6.45, 7) is 0.216. The van der Waals surface area contributed by atoms with E-state index in [1.54, 1.807) is 11.4 Å². The molecule has 1 amide bonds. The summed E-state index contributed by atoms with van der Waals surface area (Å²) in [7, 11) is 1.30. The van der Waals surface area contributed by atoms with Crippen molar-refractivity contribution in [3.63, 3.8) is 0 Å². The number of nitrogens with zero attached hydrogens (tertiary/aromatic N) is 1. The number of amides is 1. The molecule has 2 aromatic rings. The average molecular weight is 304 g/mol. The van der Waals surface area contributed by atoms with Crippen molar-refractivity contribution in [1.82, 2.24) is 4.90 Å². The Bertz CT molecular complexity index is 625. The van der Waals surface area contributed by atoms with Crippen LogP contribution in [0.4, 0.5) is 5.69 Å². The molecule has 0 unspecified atom stereocenters. The Kier molecular flexibility index (Phi) is 4.94. The number of benzene rings is 1. The molecular weight excluding hydrogens is 288 g/mol. The molecule has 1 aromatic heterocycles. The van der Waals surface area contributed by atoms with Crippen LogP contribution >= 0.6 is 11.3 Å². The molecule has 6 heteroatoms. The van der Waals surface area contributed by atoms with Crippen LogP contribution in [0, 0.1) is 0 Å². The first-order chi connectivity index (χ1) is 10.1. The lowest BCUT2D eigenvalue weighted by Crippen LogP contribution is -2.35. The standard InChI is InChI=1S/C15H16N2O3S/c1-20-13(18)10-17(9-11-5-3-2-4-6-11)15(19)14-12(16)7-8-21-14/h2-8H,9-10,16H2,1H3. The minimum absolute atomic E-state index is 0.110. The summed E-state index contributed by atoms with van der Waals surface area (Å²) in [6.07, 6.45) is 0. The predicted molar refractivity (Wildman–Crippen MR) is 81.9 cm³/mol. The zero-order valence-electron chi connectivity index (χ0n) is 11.6. The van der Waals surface area contributed by atoms with Crippen molar-refractivity contribution in [2.75, 3.05) is 19.4 Å². The van der Waals surface area contributed by atoms with E-state index in [0.717, 1.165) is 5.56 Å². The summed E-state index contributed by atoms with van der Waals surface area (Å²) in [6, 6.07) is 11.1. The van der Waals surface area contributed by atoms with Crippen LogP contribution in [-0.2, 0) is 16.1 Å². The number of anilines is 1. The maximum absolute atomic E-state index is 12.5. The van der Waals surface area contributed by atoms with Gasteiger partial charge in [0.2, 0.25) is 0 Å². The van der Waals surface area contributed by atoms with E-state index in [2.05, 4.69) is 4.74 Å². The second-order valence-corrected chi connectivity index (χ2v) is 5.34. The third-order valence-electron chi connectivity index (χ3n) is 2.94. The maximum Gasteiger partial charge on any atom is 0.325 e. The van der Waals surface area contributed by atoms with E-state index in [1.807, 2.05) is 30.3 Å². The van der Waals surface area contributed by atoms with Crippen LogP contribution in [0.1, 0.15) is 15.2 Å².